The zero-order valence-electron chi connectivity index (χ0n) is 17.5. The van der Waals surface area contributed by atoms with Gasteiger partial charge in [0, 0.05) is 22.8 Å². The van der Waals surface area contributed by atoms with Crippen molar-refractivity contribution in [2.75, 3.05) is 12.4 Å². The zero-order valence-corrected chi connectivity index (χ0v) is 19.0. The van der Waals surface area contributed by atoms with Crippen molar-refractivity contribution in [3.63, 3.8) is 0 Å². The van der Waals surface area contributed by atoms with Gasteiger partial charge in [0.25, 0.3) is 5.91 Å². The van der Waals surface area contributed by atoms with Gasteiger partial charge in [-0.3, -0.25) is 25.0 Å². The van der Waals surface area contributed by atoms with E-state index in [0.717, 1.165) is 12.8 Å². The summed E-state index contributed by atoms with van der Waals surface area (Å²) in [6, 6.07) is 12.3. The molecule has 0 bridgehead atoms. The fourth-order valence-electron chi connectivity index (χ4n) is 3.33. The normalized spacial score (nSPS) is 15.4. The summed E-state index contributed by atoms with van der Waals surface area (Å²) in [5.41, 5.74) is 5.84. The van der Waals surface area contributed by atoms with E-state index >= 15 is 0 Å². The number of amides is 2. The molecular weight excluding hydrogens is 469 g/mol. The van der Waals surface area contributed by atoms with E-state index in [0.29, 0.717) is 40.3 Å². The largest absolute Gasteiger partial charge is 0.376 e. The Hall–Kier alpha value is -2.95. The number of thioether (sulfide) groups is 1. The van der Waals surface area contributed by atoms with Crippen molar-refractivity contribution in [3.8, 4) is 11.4 Å². The molecule has 0 saturated carbocycles. The summed E-state index contributed by atoms with van der Waals surface area (Å²) in [6.07, 6.45) is 1.92. The molecule has 11 heteroatoms. The Morgan fingerprint density at radius 3 is 2.58 bits per heavy atom. The van der Waals surface area contributed by atoms with Gasteiger partial charge >= 0.3 is 0 Å². The van der Waals surface area contributed by atoms with Gasteiger partial charge in [-0.1, -0.05) is 23.4 Å². The predicted molar refractivity (Wildman–Crippen MR) is 122 cm³/mol. The highest BCUT2D eigenvalue weighted by Crippen LogP contribution is 2.26. The number of benzene rings is 2. The maximum Gasteiger partial charge on any atom is 0.269 e. The Balaban J connectivity index is 1.40. The van der Waals surface area contributed by atoms with Crippen LogP contribution in [0, 0.1) is 5.82 Å². The lowest BCUT2D eigenvalue weighted by Gasteiger charge is -2.14. The molecule has 0 spiro atoms. The molecule has 0 aliphatic carbocycles. The number of carbonyl (C=O) groups excluding carboxylic acids is 2. The van der Waals surface area contributed by atoms with Crippen LogP contribution in [0.5, 0.6) is 0 Å². The van der Waals surface area contributed by atoms with Crippen molar-refractivity contribution in [3.05, 3.63) is 64.9 Å². The van der Waals surface area contributed by atoms with E-state index in [1.54, 1.807) is 36.4 Å². The van der Waals surface area contributed by atoms with Gasteiger partial charge in [0.15, 0.2) is 11.0 Å². The molecule has 1 saturated heterocycles. The van der Waals surface area contributed by atoms with E-state index in [1.807, 2.05) is 4.57 Å². The van der Waals surface area contributed by atoms with Crippen LogP contribution in [0.1, 0.15) is 23.2 Å². The first-order valence-corrected chi connectivity index (χ1v) is 11.6. The smallest absolute Gasteiger partial charge is 0.269 e. The maximum atomic E-state index is 13.4. The average molecular weight is 490 g/mol. The molecule has 1 fully saturated rings. The maximum absolute atomic E-state index is 13.4. The molecule has 1 aliphatic heterocycles. The standard InChI is InChI=1S/C22H21ClFN5O3S/c23-16-7-3-15(4-8-16)21(31)27-25-19(30)13-33-22-28-26-20(14-5-9-17(24)10-6-14)29(22)12-18-2-1-11-32-18/h3-10,18H,1-2,11-13H2,(H,25,30)(H,27,31)/t18-/m1/s1. The van der Waals surface area contributed by atoms with Gasteiger partial charge in [-0.25, -0.2) is 4.39 Å². The van der Waals surface area contributed by atoms with Gasteiger partial charge in [-0.15, -0.1) is 10.2 Å². The van der Waals surface area contributed by atoms with E-state index in [2.05, 4.69) is 21.0 Å². The molecule has 0 radical (unpaired) electrons. The molecule has 2 heterocycles. The number of rotatable bonds is 7. The third-order valence-electron chi connectivity index (χ3n) is 4.98. The minimum atomic E-state index is -0.454. The Labute approximate surface area is 198 Å². The van der Waals surface area contributed by atoms with Gasteiger partial charge < -0.3 is 4.74 Å². The van der Waals surface area contributed by atoms with Crippen LogP contribution in [0.3, 0.4) is 0 Å². The van der Waals surface area contributed by atoms with Gasteiger partial charge in [0.2, 0.25) is 5.91 Å². The predicted octanol–water partition coefficient (Wildman–Crippen LogP) is 3.47. The minimum Gasteiger partial charge on any atom is -0.376 e. The highest BCUT2D eigenvalue weighted by atomic mass is 35.5. The molecule has 33 heavy (non-hydrogen) atoms. The number of ether oxygens (including phenoxy) is 1. The molecule has 2 N–H and O–H groups in total. The lowest BCUT2D eigenvalue weighted by atomic mass is 10.2. The summed E-state index contributed by atoms with van der Waals surface area (Å²) in [5, 5.41) is 9.53. The summed E-state index contributed by atoms with van der Waals surface area (Å²) in [5.74, 6) is -0.615. The number of aromatic nitrogens is 3. The molecule has 172 valence electrons. The molecule has 3 aromatic rings. The summed E-state index contributed by atoms with van der Waals surface area (Å²) in [6.45, 7) is 1.23. The second-order valence-corrected chi connectivity index (χ2v) is 8.74. The van der Waals surface area contributed by atoms with E-state index in [9.17, 15) is 14.0 Å². The number of nitrogens with one attached hydrogen (secondary N) is 2. The molecule has 0 unspecified atom stereocenters. The van der Waals surface area contributed by atoms with E-state index < -0.39 is 11.8 Å². The SMILES string of the molecule is O=C(CSc1nnc(-c2ccc(F)cc2)n1C[C@H]1CCCO1)NNC(=O)c1ccc(Cl)cc1. The van der Waals surface area contributed by atoms with Crippen molar-refractivity contribution in [1.82, 2.24) is 25.6 Å². The molecule has 2 amide bonds. The topological polar surface area (TPSA) is 98.1 Å². The molecule has 8 nitrogen and oxygen atoms in total. The van der Waals surface area contributed by atoms with Crippen LogP contribution in [0.25, 0.3) is 11.4 Å². The lowest BCUT2D eigenvalue weighted by Crippen LogP contribution is -2.42. The quantitative estimate of drug-likeness (QED) is 0.389. The molecule has 1 aromatic heterocycles. The first-order valence-electron chi connectivity index (χ1n) is 10.3. The molecular formula is C22H21ClFN5O3S. The first-order chi connectivity index (χ1) is 16.0. The second kappa shape index (κ2) is 10.8. The first kappa shape index (κ1) is 23.2. The molecule has 1 aliphatic rings. The third kappa shape index (κ3) is 6.10. The van der Waals surface area contributed by atoms with Crippen molar-refractivity contribution >= 4 is 35.2 Å². The van der Waals surface area contributed by atoms with Gasteiger partial charge in [-0.05, 0) is 61.4 Å². The highest BCUT2D eigenvalue weighted by Gasteiger charge is 2.22. The summed E-state index contributed by atoms with van der Waals surface area (Å²) in [4.78, 5) is 24.4. The Kier molecular flexibility index (Phi) is 7.58. The molecule has 2 aromatic carbocycles. The third-order valence-corrected chi connectivity index (χ3v) is 6.20. The van der Waals surface area contributed by atoms with E-state index in [1.165, 1.54) is 23.9 Å². The van der Waals surface area contributed by atoms with Crippen molar-refractivity contribution in [2.45, 2.75) is 30.6 Å². The Morgan fingerprint density at radius 1 is 1.12 bits per heavy atom. The van der Waals surface area contributed by atoms with Crippen molar-refractivity contribution < 1.29 is 18.7 Å². The summed E-state index contributed by atoms with van der Waals surface area (Å²) < 4.78 is 21.0. The fourth-order valence-corrected chi connectivity index (χ4v) is 4.20. The van der Waals surface area contributed by atoms with Gasteiger partial charge in [-0.2, -0.15) is 0 Å². The molecule has 1 atom stereocenters. The monoisotopic (exact) mass is 489 g/mol. The van der Waals surface area contributed by atoms with Crippen molar-refractivity contribution in [1.29, 1.82) is 0 Å². The van der Waals surface area contributed by atoms with Gasteiger partial charge in [0.1, 0.15) is 5.82 Å². The zero-order chi connectivity index (χ0) is 23.2. The highest BCUT2D eigenvalue weighted by molar-refractivity contribution is 7.99. The van der Waals surface area contributed by atoms with Crippen LogP contribution < -0.4 is 10.9 Å². The van der Waals surface area contributed by atoms with Crippen LogP contribution in [0.15, 0.2) is 53.7 Å². The summed E-state index contributed by atoms with van der Waals surface area (Å²) in [7, 11) is 0. The van der Waals surface area contributed by atoms with E-state index in [4.69, 9.17) is 16.3 Å². The number of hydrazine groups is 1. The number of carbonyl (C=O) groups is 2. The minimum absolute atomic E-state index is 0.00791. The average Bonchev–Trinajstić information content (AvgIpc) is 3.47. The number of hydrogen-bond donors (Lipinski definition) is 2. The lowest BCUT2D eigenvalue weighted by molar-refractivity contribution is -0.119. The molecule has 4 rings (SSSR count). The van der Waals surface area contributed by atoms with Crippen molar-refractivity contribution in [2.24, 2.45) is 0 Å². The Bertz CT molecular complexity index is 1120. The number of hydrogen-bond acceptors (Lipinski definition) is 6. The van der Waals surface area contributed by atoms with Gasteiger partial charge in [0.05, 0.1) is 18.4 Å². The number of nitrogens with zero attached hydrogens (tertiary/aromatic N) is 3. The van der Waals surface area contributed by atoms with Crippen LogP contribution in [0.4, 0.5) is 4.39 Å². The van der Waals surface area contributed by atoms with Crippen LogP contribution in [-0.2, 0) is 16.1 Å². The Morgan fingerprint density at radius 2 is 1.88 bits per heavy atom. The number of halogens is 2. The van der Waals surface area contributed by atoms with Crippen LogP contribution >= 0.6 is 23.4 Å². The summed E-state index contributed by atoms with van der Waals surface area (Å²) >= 11 is 7.00. The second-order valence-electron chi connectivity index (χ2n) is 7.36. The fraction of sp³-hybridized carbons (Fsp3) is 0.273. The van der Waals surface area contributed by atoms with Crippen LogP contribution in [0.2, 0.25) is 5.02 Å². The van der Waals surface area contributed by atoms with E-state index in [-0.39, 0.29) is 17.7 Å². The van der Waals surface area contributed by atoms with Crippen LogP contribution in [-0.4, -0.2) is 45.0 Å².